The quantitative estimate of drug-likeness (QED) is 0.629. The molecular formula is C24H28N2O2. The predicted octanol–water partition coefficient (Wildman–Crippen LogP) is 5.01. The van der Waals surface area contributed by atoms with Gasteiger partial charge < -0.3 is 11.5 Å². The van der Waals surface area contributed by atoms with Crippen molar-refractivity contribution in [3.8, 4) is 0 Å². The third-order valence-corrected chi connectivity index (χ3v) is 6.61. The van der Waals surface area contributed by atoms with E-state index in [-0.39, 0.29) is 11.6 Å². The molecule has 2 aliphatic rings. The van der Waals surface area contributed by atoms with Crippen LogP contribution in [0, 0.1) is 12.8 Å². The maximum atomic E-state index is 13.3. The summed E-state index contributed by atoms with van der Waals surface area (Å²) in [6.07, 6.45) is 7.19. The normalized spacial score (nSPS) is 21.4. The number of nitrogens with two attached hydrogens (primary N) is 2. The molecule has 0 atom stereocenters. The Hall–Kier alpha value is -2.62. The van der Waals surface area contributed by atoms with Crippen molar-refractivity contribution in [3.05, 3.63) is 57.6 Å². The summed E-state index contributed by atoms with van der Waals surface area (Å²) in [5, 5.41) is 0. The van der Waals surface area contributed by atoms with Gasteiger partial charge in [-0.05, 0) is 73.8 Å². The van der Waals surface area contributed by atoms with Gasteiger partial charge in [0.05, 0.1) is 11.1 Å². The average molecular weight is 377 g/mol. The molecule has 0 saturated heterocycles. The van der Waals surface area contributed by atoms with Gasteiger partial charge in [-0.2, -0.15) is 0 Å². The molecule has 4 nitrogen and oxygen atoms in total. The van der Waals surface area contributed by atoms with Gasteiger partial charge in [0.25, 0.3) is 0 Å². The van der Waals surface area contributed by atoms with E-state index >= 15 is 0 Å². The number of carbonyl (C=O) groups excluding carboxylic acids is 2. The van der Waals surface area contributed by atoms with Gasteiger partial charge >= 0.3 is 0 Å². The zero-order valence-electron chi connectivity index (χ0n) is 16.7. The van der Waals surface area contributed by atoms with Crippen LogP contribution >= 0.6 is 0 Å². The molecule has 4 heteroatoms. The van der Waals surface area contributed by atoms with Crippen LogP contribution in [-0.4, -0.2) is 11.6 Å². The van der Waals surface area contributed by atoms with Crippen molar-refractivity contribution >= 4 is 22.9 Å². The van der Waals surface area contributed by atoms with E-state index in [0.29, 0.717) is 39.5 Å². The Morgan fingerprint density at radius 1 is 0.929 bits per heavy atom. The fraction of sp³-hybridized carbons (Fsp3) is 0.417. The minimum absolute atomic E-state index is 0.181. The van der Waals surface area contributed by atoms with E-state index in [4.69, 9.17) is 11.5 Å². The summed E-state index contributed by atoms with van der Waals surface area (Å²) >= 11 is 0. The van der Waals surface area contributed by atoms with E-state index in [9.17, 15) is 9.59 Å². The average Bonchev–Trinajstić information content (AvgIpc) is 2.68. The monoisotopic (exact) mass is 376 g/mol. The summed E-state index contributed by atoms with van der Waals surface area (Å²) in [5.74, 6) is 0.833. The molecular weight excluding hydrogens is 348 g/mol. The zero-order chi connectivity index (χ0) is 20.0. The van der Waals surface area contributed by atoms with Gasteiger partial charge in [-0.25, -0.2) is 0 Å². The Balaban J connectivity index is 1.73. The van der Waals surface area contributed by atoms with E-state index in [1.165, 1.54) is 25.7 Å². The van der Waals surface area contributed by atoms with Crippen molar-refractivity contribution in [2.24, 2.45) is 5.92 Å². The standard InChI is InChI=1S/C24H28N2O2/c1-3-4-14-6-8-15(9-7-14)16-11-18-20(19(25)12-16)23(27)17-10-5-13(2)22(26)21(17)24(18)28/h5,10-12,14-15H,3-4,6-9,25-26H2,1-2H3. The van der Waals surface area contributed by atoms with Gasteiger partial charge in [0.15, 0.2) is 11.6 Å². The number of ketones is 2. The molecule has 28 heavy (non-hydrogen) atoms. The highest BCUT2D eigenvalue weighted by molar-refractivity contribution is 6.31. The van der Waals surface area contributed by atoms with Crippen LogP contribution in [0.2, 0.25) is 0 Å². The second-order valence-electron chi connectivity index (χ2n) is 8.42. The molecule has 0 spiro atoms. The Bertz CT molecular complexity index is 969. The number of benzene rings is 2. The molecule has 0 heterocycles. The number of aryl methyl sites for hydroxylation is 1. The molecule has 4 rings (SSSR count). The van der Waals surface area contributed by atoms with Crippen molar-refractivity contribution in [2.45, 2.75) is 58.3 Å². The lowest BCUT2D eigenvalue weighted by Gasteiger charge is -2.30. The number of rotatable bonds is 3. The lowest BCUT2D eigenvalue weighted by atomic mass is 9.75. The number of carbonyl (C=O) groups is 2. The second-order valence-corrected chi connectivity index (χ2v) is 8.42. The Kier molecular flexibility index (Phi) is 4.74. The Morgan fingerprint density at radius 2 is 1.61 bits per heavy atom. The topological polar surface area (TPSA) is 86.2 Å². The summed E-state index contributed by atoms with van der Waals surface area (Å²) in [6.45, 7) is 4.09. The highest BCUT2D eigenvalue weighted by atomic mass is 16.1. The Labute approximate surface area is 166 Å². The van der Waals surface area contributed by atoms with Crippen molar-refractivity contribution in [1.82, 2.24) is 0 Å². The van der Waals surface area contributed by atoms with Crippen LogP contribution in [0.5, 0.6) is 0 Å². The van der Waals surface area contributed by atoms with Gasteiger partial charge in [0.1, 0.15) is 0 Å². The van der Waals surface area contributed by atoms with E-state index in [1.807, 2.05) is 19.1 Å². The molecule has 0 aromatic heterocycles. The largest absolute Gasteiger partial charge is 0.398 e. The first-order valence-corrected chi connectivity index (χ1v) is 10.3. The SMILES string of the molecule is CCCC1CCC(c2cc(N)c3c(c2)C(=O)c2c(ccc(C)c2N)C3=O)CC1. The molecule has 4 N–H and O–H groups in total. The number of hydrogen-bond donors (Lipinski definition) is 2. The minimum Gasteiger partial charge on any atom is -0.398 e. The van der Waals surface area contributed by atoms with E-state index in [2.05, 4.69) is 6.92 Å². The van der Waals surface area contributed by atoms with E-state index in [1.54, 1.807) is 12.1 Å². The molecule has 146 valence electrons. The molecule has 0 bridgehead atoms. The number of fused-ring (bicyclic) bond motifs is 2. The third-order valence-electron chi connectivity index (χ3n) is 6.61. The first kappa shape index (κ1) is 18.7. The zero-order valence-corrected chi connectivity index (χ0v) is 16.7. The van der Waals surface area contributed by atoms with Crippen LogP contribution in [-0.2, 0) is 0 Å². The highest BCUT2D eigenvalue weighted by Crippen LogP contribution is 2.41. The summed E-state index contributed by atoms with van der Waals surface area (Å²) < 4.78 is 0. The van der Waals surface area contributed by atoms with Crippen LogP contribution in [0.25, 0.3) is 0 Å². The van der Waals surface area contributed by atoms with Crippen LogP contribution < -0.4 is 11.5 Å². The van der Waals surface area contributed by atoms with Crippen LogP contribution in [0.3, 0.4) is 0 Å². The fourth-order valence-electron chi connectivity index (χ4n) is 4.98. The van der Waals surface area contributed by atoms with Crippen molar-refractivity contribution < 1.29 is 9.59 Å². The predicted molar refractivity (Wildman–Crippen MR) is 113 cm³/mol. The van der Waals surface area contributed by atoms with Crippen LogP contribution in [0.4, 0.5) is 11.4 Å². The molecule has 2 aromatic carbocycles. The second kappa shape index (κ2) is 7.08. The summed E-state index contributed by atoms with van der Waals surface area (Å²) in [4.78, 5) is 26.3. The van der Waals surface area contributed by atoms with Crippen LogP contribution in [0.1, 0.15) is 94.3 Å². The third kappa shape index (κ3) is 2.92. The number of hydrogen-bond acceptors (Lipinski definition) is 4. The van der Waals surface area contributed by atoms with Gasteiger partial charge in [-0.15, -0.1) is 0 Å². The maximum absolute atomic E-state index is 13.3. The first-order valence-electron chi connectivity index (χ1n) is 10.3. The van der Waals surface area contributed by atoms with Gasteiger partial charge in [0, 0.05) is 22.5 Å². The highest BCUT2D eigenvalue weighted by Gasteiger charge is 2.34. The first-order chi connectivity index (χ1) is 13.4. The van der Waals surface area contributed by atoms with Gasteiger partial charge in [0.2, 0.25) is 0 Å². The molecule has 0 amide bonds. The summed E-state index contributed by atoms with van der Waals surface area (Å²) in [6, 6.07) is 7.29. The molecule has 1 saturated carbocycles. The number of anilines is 2. The lowest BCUT2D eigenvalue weighted by molar-refractivity contribution is 0.0980. The molecule has 0 unspecified atom stereocenters. The van der Waals surface area contributed by atoms with Crippen LogP contribution in [0.15, 0.2) is 24.3 Å². The Morgan fingerprint density at radius 3 is 2.29 bits per heavy atom. The molecule has 0 radical (unpaired) electrons. The lowest BCUT2D eigenvalue weighted by Crippen LogP contribution is -2.25. The molecule has 0 aliphatic heterocycles. The molecule has 2 aromatic rings. The van der Waals surface area contributed by atoms with Crippen molar-refractivity contribution in [2.75, 3.05) is 11.5 Å². The van der Waals surface area contributed by atoms with Crippen molar-refractivity contribution in [1.29, 1.82) is 0 Å². The number of nitrogen functional groups attached to an aromatic ring is 2. The summed E-state index contributed by atoms with van der Waals surface area (Å²) in [5.41, 5.74) is 16.6. The van der Waals surface area contributed by atoms with Gasteiger partial charge in [-0.3, -0.25) is 9.59 Å². The van der Waals surface area contributed by atoms with E-state index < -0.39 is 0 Å². The van der Waals surface area contributed by atoms with Crippen molar-refractivity contribution in [3.63, 3.8) is 0 Å². The fourth-order valence-corrected chi connectivity index (χ4v) is 4.98. The molecule has 2 aliphatic carbocycles. The maximum Gasteiger partial charge on any atom is 0.196 e. The summed E-state index contributed by atoms with van der Waals surface area (Å²) in [7, 11) is 0. The smallest absolute Gasteiger partial charge is 0.196 e. The van der Waals surface area contributed by atoms with Gasteiger partial charge in [-0.1, -0.05) is 25.8 Å². The minimum atomic E-state index is -0.202. The van der Waals surface area contributed by atoms with E-state index in [0.717, 1.165) is 29.9 Å². The molecule has 1 fully saturated rings.